The predicted molar refractivity (Wildman–Crippen MR) is 46.6 cm³/mol. The second kappa shape index (κ2) is 3.20. The number of nitrogens with zero attached hydrogens (tertiary/aromatic N) is 1. The van der Waals surface area contributed by atoms with E-state index in [0.29, 0.717) is 0 Å². The number of halogens is 2. The molecule has 0 aromatic carbocycles. The lowest BCUT2D eigenvalue weighted by Gasteiger charge is -2.00. The van der Waals surface area contributed by atoms with Gasteiger partial charge < -0.3 is 5.11 Å². The minimum Gasteiger partial charge on any atom is -0.505 e. The topological polar surface area (TPSA) is 67.3 Å². The van der Waals surface area contributed by atoms with Crippen LogP contribution in [0.3, 0.4) is 0 Å². The van der Waals surface area contributed by atoms with E-state index in [9.17, 15) is 8.42 Å². The average molecular weight is 273 g/mol. The molecule has 0 radical (unpaired) electrons. The standard InChI is InChI=1S/C5H3BrClNO3S/c6-3-1-8-2-4(9)5(3)12(7,10)11/h1-2,9H. The molecule has 12 heavy (non-hydrogen) atoms. The normalized spacial score (nSPS) is 11.5. The van der Waals surface area contributed by atoms with Crippen LogP contribution in [-0.2, 0) is 9.05 Å². The van der Waals surface area contributed by atoms with Crippen LogP contribution in [0.15, 0.2) is 21.8 Å². The van der Waals surface area contributed by atoms with Gasteiger partial charge in [0.25, 0.3) is 9.05 Å². The highest BCUT2D eigenvalue weighted by atomic mass is 79.9. The zero-order valence-corrected chi connectivity index (χ0v) is 8.69. The van der Waals surface area contributed by atoms with Crippen molar-refractivity contribution in [3.05, 3.63) is 16.9 Å². The molecule has 7 heteroatoms. The smallest absolute Gasteiger partial charge is 0.266 e. The molecule has 4 nitrogen and oxygen atoms in total. The lowest BCUT2D eigenvalue weighted by atomic mass is 10.5. The second-order valence-electron chi connectivity index (χ2n) is 1.91. The van der Waals surface area contributed by atoms with Crippen molar-refractivity contribution >= 4 is 35.7 Å². The molecule has 66 valence electrons. The van der Waals surface area contributed by atoms with Crippen molar-refractivity contribution in [3.63, 3.8) is 0 Å². The molecule has 1 N–H and O–H groups in total. The van der Waals surface area contributed by atoms with Crippen LogP contribution in [0.1, 0.15) is 0 Å². The largest absolute Gasteiger partial charge is 0.505 e. The van der Waals surface area contributed by atoms with Gasteiger partial charge in [0.1, 0.15) is 4.90 Å². The van der Waals surface area contributed by atoms with Crippen molar-refractivity contribution in [1.82, 2.24) is 4.98 Å². The first-order valence-electron chi connectivity index (χ1n) is 2.70. The first-order valence-corrected chi connectivity index (χ1v) is 5.80. The van der Waals surface area contributed by atoms with Gasteiger partial charge in [-0.2, -0.15) is 0 Å². The van der Waals surface area contributed by atoms with Crippen LogP contribution in [0.4, 0.5) is 0 Å². The summed E-state index contributed by atoms with van der Waals surface area (Å²) in [5, 5.41) is 9.07. The fraction of sp³-hybridized carbons (Fsp3) is 0. The Kier molecular flexibility index (Phi) is 2.60. The van der Waals surface area contributed by atoms with E-state index in [1.165, 1.54) is 6.20 Å². The van der Waals surface area contributed by atoms with Crippen molar-refractivity contribution in [2.24, 2.45) is 0 Å². The molecule has 0 aliphatic heterocycles. The highest BCUT2D eigenvalue weighted by molar-refractivity contribution is 9.10. The number of rotatable bonds is 1. The molecule has 0 aliphatic rings. The van der Waals surface area contributed by atoms with Crippen molar-refractivity contribution in [1.29, 1.82) is 0 Å². The Hall–Kier alpha value is -0.330. The summed E-state index contributed by atoms with van der Waals surface area (Å²) < 4.78 is 21.8. The Balaban J connectivity index is 3.53. The van der Waals surface area contributed by atoms with Crippen molar-refractivity contribution in [3.8, 4) is 5.75 Å². The molecular formula is C5H3BrClNO3S. The summed E-state index contributed by atoms with van der Waals surface area (Å²) >= 11 is 2.90. The van der Waals surface area contributed by atoms with Crippen molar-refractivity contribution < 1.29 is 13.5 Å². The van der Waals surface area contributed by atoms with E-state index in [0.717, 1.165) is 6.20 Å². The molecule has 1 rings (SSSR count). The Morgan fingerprint density at radius 1 is 1.50 bits per heavy atom. The molecule has 0 bridgehead atoms. The van der Waals surface area contributed by atoms with E-state index in [4.69, 9.17) is 15.8 Å². The maximum Gasteiger partial charge on any atom is 0.266 e. The number of hydrogen-bond acceptors (Lipinski definition) is 4. The Morgan fingerprint density at radius 2 is 2.08 bits per heavy atom. The van der Waals surface area contributed by atoms with Gasteiger partial charge in [-0.1, -0.05) is 0 Å². The Bertz CT molecular complexity index is 385. The van der Waals surface area contributed by atoms with E-state index in [1.807, 2.05) is 0 Å². The van der Waals surface area contributed by atoms with Crippen molar-refractivity contribution in [2.45, 2.75) is 4.90 Å². The van der Waals surface area contributed by atoms with Crippen LogP contribution >= 0.6 is 26.6 Å². The molecule has 0 saturated heterocycles. The fourth-order valence-electron chi connectivity index (χ4n) is 0.654. The third-order valence-electron chi connectivity index (χ3n) is 1.08. The van der Waals surface area contributed by atoms with Crippen LogP contribution in [0.5, 0.6) is 5.75 Å². The molecule has 0 amide bonds. The first kappa shape index (κ1) is 9.76. The lowest BCUT2D eigenvalue weighted by Crippen LogP contribution is -1.93. The summed E-state index contributed by atoms with van der Waals surface area (Å²) in [6.07, 6.45) is 2.23. The van der Waals surface area contributed by atoms with Crippen LogP contribution in [-0.4, -0.2) is 18.5 Å². The SMILES string of the molecule is O=S(=O)(Cl)c1c(O)cncc1Br. The van der Waals surface area contributed by atoms with Gasteiger partial charge in [0, 0.05) is 16.9 Å². The van der Waals surface area contributed by atoms with Gasteiger partial charge in [-0.25, -0.2) is 8.42 Å². The summed E-state index contributed by atoms with van der Waals surface area (Å²) in [5.41, 5.74) is 0. The molecule has 1 heterocycles. The number of hydrogen-bond donors (Lipinski definition) is 1. The Labute approximate surface area is 81.7 Å². The quantitative estimate of drug-likeness (QED) is 0.786. The zero-order valence-electron chi connectivity index (χ0n) is 5.53. The molecule has 0 spiro atoms. The second-order valence-corrected chi connectivity index (χ2v) is 5.26. The van der Waals surface area contributed by atoms with Crippen LogP contribution in [0.25, 0.3) is 0 Å². The van der Waals surface area contributed by atoms with Gasteiger partial charge >= 0.3 is 0 Å². The summed E-state index contributed by atoms with van der Waals surface area (Å²) in [6.45, 7) is 0. The molecule has 0 unspecified atom stereocenters. The number of pyridine rings is 1. The van der Waals surface area contributed by atoms with Crippen LogP contribution < -0.4 is 0 Å². The van der Waals surface area contributed by atoms with E-state index < -0.39 is 14.8 Å². The van der Waals surface area contributed by atoms with E-state index >= 15 is 0 Å². The van der Waals surface area contributed by atoms with Crippen molar-refractivity contribution in [2.75, 3.05) is 0 Å². The van der Waals surface area contributed by atoms with E-state index in [1.54, 1.807) is 0 Å². The molecular weight excluding hydrogens is 269 g/mol. The Morgan fingerprint density at radius 3 is 2.42 bits per heavy atom. The summed E-state index contributed by atoms with van der Waals surface area (Å²) in [7, 11) is 1.09. The van der Waals surface area contributed by atoms with Crippen LogP contribution in [0.2, 0.25) is 0 Å². The summed E-state index contributed by atoms with van der Waals surface area (Å²) in [6, 6.07) is 0. The first-order chi connectivity index (χ1) is 5.43. The van der Waals surface area contributed by atoms with Gasteiger partial charge in [0.05, 0.1) is 10.7 Å². The molecule has 0 atom stereocenters. The molecule has 0 fully saturated rings. The highest BCUT2D eigenvalue weighted by Gasteiger charge is 2.19. The third kappa shape index (κ3) is 1.88. The molecule has 0 aliphatic carbocycles. The maximum atomic E-state index is 10.8. The van der Waals surface area contributed by atoms with E-state index in [-0.39, 0.29) is 9.37 Å². The molecule has 1 aromatic rings. The summed E-state index contributed by atoms with van der Waals surface area (Å²) in [4.78, 5) is 3.18. The molecule has 1 aromatic heterocycles. The predicted octanol–water partition coefficient (Wildman–Crippen LogP) is 1.48. The molecule has 0 saturated carbocycles. The van der Waals surface area contributed by atoms with Gasteiger partial charge in [-0.15, -0.1) is 0 Å². The maximum absolute atomic E-state index is 10.8. The van der Waals surface area contributed by atoms with Gasteiger partial charge in [-0.05, 0) is 15.9 Å². The van der Waals surface area contributed by atoms with Gasteiger partial charge in [0.15, 0.2) is 5.75 Å². The van der Waals surface area contributed by atoms with E-state index in [2.05, 4.69) is 20.9 Å². The van der Waals surface area contributed by atoms with Gasteiger partial charge in [-0.3, -0.25) is 4.98 Å². The minimum atomic E-state index is -3.93. The lowest BCUT2D eigenvalue weighted by molar-refractivity contribution is 0.455. The van der Waals surface area contributed by atoms with Gasteiger partial charge in [0.2, 0.25) is 0 Å². The monoisotopic (exact) mass is 271 g/mol. The zero-order chi connectivity index (χ0) is 9.35. The number of aromatic nitrogens is 1. The number of aromatic hydroxyl groups is 1. The van der Waals surface area contributed by atoms with Crippen LogP contribution in [0, 0.1) is 0 Å². The summed E-state index contributed by atoms with van der Waals surface area (Å²) in [5.74, 6) is -0.473. The fourth-order valence-corrected chi connectivity index (χ4v) is 2.97. The third-order valence-corrected chi connectivity index (χ3v) is 3.32. The average Bonchev–Trinajstić information content (AvgIpc) is 1.82. The minimum absolute atomic E-state index is 0.137. The highest BCUT2D eigenvalue weighted by Crippen LogP contribution is 2.31.